The van der Waals surface area contributed by atoms with Crippen LogP contribution < -0.4 is 54.2 Å². The third-order valence-corrected chi connectivity index (χ3v) is 12.9. The summed E-state index contributed by atoms with van der Waals surface area (Å²) in [6.07, 6.45) is 1.93. The number of nitrogens with zero attached hydrogens (tertiary/aromatic N) is 4. The molecule has 0 aliphatic rings. The van der Waals surface area contributed by atoms with Crippen molar-refractivity contribution >= 4 is 107 Å². The largest absolute Gasteiger partial charge is 0.480 e. The van der Waals surface area contributed by atoms with Crippen LogP contribution in [0.15, 0.2) is 80.7 Å². The average molecular weight is 1160 g/mol. The number of aliphatic carboxylic acids is 4. The quantitative estimate of drug-likeness (QED) is 0.0135. The number of nitrogens with one attached hydrogen (secondary N) is 8. The molecule has 0 aliphatic heterocycles. The molecule has 80 heavy (non-hydrogen) atoms. The summed E-state index contributed by atoms with van der Waals surface area (Å²) in [6.45, 7) is 1.10. The van der Waals surface area contributed by atoms with E-state index in [-0.39, 0.29) is 69.5 Å². The minimum atomic E-state index is -1.29. The Balaban J connectivity index is 1.55. The highest BCUT2D eigenvalue weighted by Gasteiger charge is 2.26. The topological polar surface area (TPSA) is 511 Å². The number of rotatable bonds is 34. The normalized spacial score (nSPS) is 13.3. The standard InChI is InChI=1S/C46H56N14O18S2/c1-23(39(65)57-53-17-25-6-8-35(33(14-25)59(75)76)79-21-31(51-19-37(61)62)43(69)49-12-10-29(47)45(71)72)55-41(67)27-4-3-5-28(16-27)42(68)56-24(2)40(66)58-54-18-26-7-9-36(34(15-26)60(77)78)80-22-32(52-20-38(63)64)44(70)50-13-11-30(48)46(73)74/h3-9,14-18,23-24,29-32,51-52H,10-13,19-22,47-48H2,1-2H3,(H,49,69)(H,50,70)(H,55,67)(H,56,68)(H,57,65)(H,58,66)(H,61,62)(H,63,64)(H,71,72)(H,73,74)/b53-17+,54-18+/t23-,24-,29-,30-,31+,32+/m0/s1. The van der Waals surface area contributed by atoms with Crippen molar-refractivity contribution in [1.29, 1.82) is 0 Å². The molecule has 32 nitrogen and oxygen atoms in total. The van der Waals surface area contributed by atoms with Gasteiger partial charge in [0.2, 0.25) is 11.8 Å². The lowest BCUT2D eigenvalue weighted by Gasteiger charge is -2.18. The van der Waals surface area contributed by atoms with Gasteiger partial charge in [0, 0.05) is 59.0 Å². The maximum absolute atomic E-state index is 13.1. The number of nitro benzene ring substituents is 2. The fourth-order valence-corrected chi connectivity index (χ4v) is 8.33. The van der Waals surface area contributed by atoms with Gasteiger partial charge in [0.05, 0.1) is 57.2 Å². The number of benzene rings is 3. The second-order valence-electron chi connectivity index (χ2n) is 16.7. The number of thioether (sulfide) groups is 2. The first-order chi connectivity index (χ1) is 37.8. The van der Waals surface area contributed by atoms with Crippen LogP contribution in [0.4, 0.5) is 11.4 Å². The van der Waals surface area contributed by atoms with Crippen molar-refractivity contribution in [2.45, 2.75) is 72.7 Å². The first-order valence-corrected chi connectivity index (χ1v) is 25.4. The molecule has 6 atom stereocenters. The summed E-state index contributed by atoms with van der Waals surface area (Å²) in [5, 5.41) is 82.4. The molecule has 0 fully saturated rings. The Kier molecular flexibility index (Phi) is 26.7. The Morgan fingerprint density at radius 3 is 1.30 bits per heavy atom. The molecule has 0 unspecified atom stereocenters. The lowest BCUT2D eigenvalue weighted by molar-refractivity contribution is -0.387. The predicted octanol–water partition coefficient (Wildman–Crippen LogP) is -1.85. The lowest BCUT2D eigenvalue weighted by Crippen LogP contribution is -2.48. The average Bonchev–Trinajstić information content (AvgIpc) is 3.40. The monoisotopic (exact) mass is 1160 g/mol. The maximum atomic E-state index is 13.1. The van der Waals surface area contributed by atoms with Gasteiger partial charge in [0.15, 0.2) is 0 Å². The molecular formula is C46H56N14O18S2. The number of carbonyl (C=O) groups is 10. The molecule has 3 aromatic rings. The molecule has 0 saturated carbocycles. The molecule has 3 rings (SSSR count). The van der Waals surface area contributed by atoms with Crippen molar-refractivity contribution in [1.82, 2.24) is 42.8 Å². The van der Waals surface area contributed by atoms with Gasteiger partial charge in [0.1, 0.15) is 24.2 Å². The van der Waals surface area contributed by atoms with E-state index in [0.29, 0.717) is 0 Å². The number of carboxylic acids is 4. The third kappa shape index (κ3) is 22.6. The smallest absolute Gasteiger partial charge is 0.320 e. The molecule has 0 saturated heterocycles. The van der Waals surface area contributed by atoms with Gasteiger partial charge in [-0.3, -0.25) is 78.8 Å². The van der Waals surface area contributed by atoms with E-state index in [1.54, 1.807) is 0 Å². The molecule has 0 spiro atoms. The molecule has 0 aliphatic carbocycles. The number of hydrazone groups is 2. The van der Waals surface area contributed by atoms with E-state index in [1.165, 1.54) is 62.4 Å². The van der Waals surface area contributed by atoms with Crippen LogP contribution in [0.5, 0.6) is 0 Å². The van der Waals surface area contributed by atoms with E-state index in [1.807, 2.05) is 0 Å². The predicted molar refractivity (Wildman–Crippen MR) is 285 cm³/mol. The highest BCUT2D eigenvalue weighted by molar-refractivity contribution is 7.99. The van der Waals surface area contributed by atoms with E-state index in [4.69, 9.17) is 31.9 Å². The molecule has 0 aromatic heterocycles. The number of nitrogens with two attached hydrogens (primary N) is 2. The second-order valence-corrected chi connectivity index (χ2v) is 18.9. The summed E-state index contributed by atoms with van der Waals surface area (Å²) in [5.74, 6) is -10.1. The van der Waals surface area contributed by atoms with Crippen molar-refractivity contribution in [2.24, 2.45) is 21.7 Å². The van der Waals surface area contributed by atoms with Crippen LogP contribution in [0.25, 0.3) is 0 Å². The molecule has 0 radical (unpaired) electrons. The van der Waals surface area contributed by atoms with Gasteiger partial charge < -0.3 is 53.2 Å². The van der Waals surface area contributed by atoms with Crippen molar-refractivity contribution < 1.29 is 78.2 Å². The van der Waals surface area contributed by atoms with Gasteiger partial charge >= 0.3 is 23.9 Å². The maximum Gasteiger partial charge on any atom is 0.320 e. The summed E-state index contributed by atoms with van der Waals surface area (Å²) in [7, 11) is 0. The number of hydrogen-bond acceptors (Lipinski definition) is 22. The highest BCUT2D eigenvalue weighted by Crippen LogP contribution is 2.31. The number of carboxylic acid groups (broad SMARTS) is 4. The zero-order chi connectivity index (χ0) is 59.6. The summed E-state index contributed by atoms with van der Waals surface area (Å²) in [4.78, 5) is 144. The first kappa shape index (κ1) is 65.3. The van der Waals surface area contributed by atoms with E-state index < -0.39 is 130 Å². The molecule has 34 heteroatoms. The Morgan fingerprint density at radius 2 is 0.963 bits per heavy atom. The Morgan fingerprint density at radius 1 is 0.588 bits per heavy atom. The van der Waals surface area contributed by atoms with Crippen molar-refractivity contribution in [3.63, 3.8) is 0 Å². The number of carbonyl (C=O) groups excluding carboxylic acids is 6. The van der Waals surface area contributed by atoms with Crippen LogP contribution in [-0.4, -0.2) is 176 Å². The van der Waals surface area contributed by atoms with Crippen LogP contribution in [-0.2, 0) is 38.4 Å². The number of amides is 6. The Bertz CT molecular complexity index is 2690. The Labute approximate surface area is 461 Å². The molecule has 16 N–H and O–H groups in total. The molecular weight excluding hydrogens is 1100 g/mol. The van der Waals surface area contributed by atoms with Crippen LogP contribution >= 0.6 is 23.5 Å². The fourth-order valence-electron chi connectivity index (χ4n) is 6.20. The molecule has 6 amide bonds. The fraction of sp³-hybridized carbons (Fsp3) is 0.348. The molecule has 0 bridgehead atoms. The molecule has 430 valence electrons. The highest BCUT2D eigenvalue weighted by atomic mass is 32.2. The van der Waals surface area contributed by atoms with Gasteiger partial charge in [-0.15, -0.1) is 23.5 Å². The zero-order valence-electron chi connectivity index (χ0n) is 42.3. The van der Waals surface area contributed by atoms with Gasteiger partial charge in [-0.2, -0.15) is 10.2 Å². The van der Waals surface area contributed by atoms with Crippen molar-refractivity contribution in [3.8, 4) is 0 Å². The Hall–Kier alpha value is -8.96. The van der Waals surface area contributed by atoms with E-state index in [0.717, 1.165) is 48.1 Å². The second kappa shape index (κ2) is 32.7. The van der Waals surface area contributed by atoms with Crippen LogP contribution in [0.2, 0.25) is 0 Å². The number of hydrogen-bond donors (Lipinski definition) is 14. The SMILES string of the molecule is C[C@H](NC(=O)c1cccc(C(=O)N[C@@H](C)C(=O)N/N=C/c2ccc(SC[C@@H](NCC(=O)O)C(=O)NCC[C@H](N)C(=O)O)c([N+](=O)[O-])c2)c1)C(=O)N/N=C/c1ccc(SC[C@@H](NCC(=O)O)C(=O)NCC[C@H](N)C(=O)O)c([N+](=O)[O-])c1. The van der Waals surface area contributed by atoms with E-state index >= 15 is 0 Å². The lowest BCUT2D eigenvalue weighted by atomic mass is 10.1. The van der Waals surface area contributed by atoms with E-state index in [9.17, 15) is 68.2 Å². The van der Waals surface area contributed by atoms with Gasteiger partial charge in [-0.1, -0.05) is 18.2 Å². The van der Waals surface area contributed by atoms with Gasteiger partial charge in [0.25, 0.3) is 35.0 Å². The van der Waals surface area contributed by atoms with Crippen LogP contribution in [0, 0.1) is 20.2 Å². The van der Waals surface area contributed by atoms with Gasteiger partial charge in [-0.05, 0) is 57.0 Å². The van der Waals surface area contributed by atoms with Crippen molar-refractivity contribution in [3.05, 3.63) is 103 Å². The summed E-state index contributed by atoms with van der Waals surface area (Å²) in [5.41, 5.74) is 14.6. The minimum absolute atomic E-state index is 0.0629. The third-order valence-electron chi connectivity index (χ3n) is 10.6. The minimum Gasteiger partial charge on any atom is -0.480 e. The van der Waals surface area contributed by atoms with E-state index in [2.05, 4.69) is 53.0 Å². The van der Waals surface area contributed by atoms with Gasteiger partial charge in [-0.25, -0.2) is 10.9 Å². The first-order valence-electron chi connectivity index (χ1n) is 23.4. The summed E-state index contributed by atoms with van der Waals surface area (Å²) in [6, 6.07) is 5.69. The van der Waals surface area contributed by atoms with Crippen molar-refractivity contribution in [2.75, 3.05) is 37.7 Å². The number of nitro groups is 2. The summed E-state index contributed by atoms with van der Waals surface area (Å²) < 4.78 is 0. The zero-order valence-corrected chi connectivity index (χ0v) is 43.9. The summed E-state index contributed by atoms with van der Waals surface area (Å²) >= 11 is 1.70. The van der Waals surface area contributed by atoms with Crippen LogP contribution in [0.3, 0.4) is 0 Å². The van der Waals surface area contributed by atoms with Crippen LogP contribution in [0.1, 0.15) is 58.5 Å². The molecule has 3 aromatic carbocycles. The molecule has 0 heterocycles.